The van der Waals surface area contributed by atoms with Gasteiger partial charge in [-0.1, -0.05) is 114 Å². The van der Waals surface area contributed by atoms with Gasteiger partial charge < -0.3 is 9.13 Å². The SMILES string of the molecule is Cc1ccc(-c2ccc3c(c2)c2ccccc2n3-c2ccc(C#N)cc2-c2ccc(-c3c(C(F)(F)F)cccc3C(F)(F)F)cc2-n2c3ccccc3c3cc(-c4ccc(C)cc4C)ccc32)c(C)c1. The van der Waals surface area contributed by atoms with Crippen LogP contribution < -0.4 is 0 Å². The number of alkyl halides is 6. The van der Waals surface area contributed by atoms with Gasteiger partial charge in [0.15, 0.2) is 0 Å². The molecule has 3 nitrogen and oxygen atoms in total. The first-order valence-electron chi connectivity index (χ1n) is 22.8. The lowest BCUT2D eigenvalue weighted by Crippen LogP contribution is -2.14. The molecule has 9 heteroatoms. The first-order valence-corrected chi connectivity index (χ1v) is 22.8. The first-order chi connectivity index (χ1) is 33.6. The molecule has 0 aliphatic heterocycles. The fraction of sp³-hybridized carbons (Fsp3) is 0.0984. The Bertz CT molecular complexity index is 3960. The highest BCUT2D eigenvalue weighted by Gasteiger charge is 2.41. The van der Waals surface area contributed by atoms with E-state index >= 15 is 0 Å². The van der Waals surface area contributed by atoms with Gasteiger partial charge in [-0.25, -0.2) is 0 Å². The minimum absolute atomic E-state index is 0.273. The zero-order chi connectivity index (χ0) is 48.8. The average molecular weight is 930 g/mol. The van der Waals surface area contributed by atoms with Crippen molar-refractivity contribution < 1.29 is 26.3 Å². The summed E-state index contributed by atoms with van der Waals surface area (Å²) >= 11 is 0. The number of hydrogen-bond donors (Lipinski definition) is 0. The summed E-state index contributed by atoms with van der Waals surface area (Å²) in [6.45, 7) is 8.24. The van der Waals surface area contributed by atoms with Crippen LogP contribution in [0.1, 0.15) is 38.9 Å². The molecule has 0 N–H and O–H groups in total. The van der Waals surface area contributed by atoms with Crippen molar-refractivity contribution in [1.29, 1.82) is 5.26 Å². The summed E-state index contributed by atoms with van der Waals surface area (Å²) < 4.78 is 93.8. The van der Waals surface area contributed by atoms with Crippen molar-refractivity contribution in [3.63, 3.8) is 0 Å². The predicted molar refractivity (Wildman–Crippen MR) is 271 cm³/mol. The van der Waals surface area contributed by atoms with Crippen LogP contribution in [0.15, 0.2) is 176 Å². The van der Waals surface area contributed by atoms with E-state index in [0.717, 1.165) is 83.2 Å². The van der Waals surface area contributed by atoms with E-state index in [2.05, 4.69) is 98.1 Å². The van der Waals surface area contributed by atoms with Crippen LogP contribution in [-0.2, 0) is 12.4 Å². The highest BCUT2D eigenvalue weighted by molar-refractivity contribution is 6.13. The summed E-state index contributed by atoms with van der Waals surface area (Å²) in [5.74, 6) is 0. The summed E-state index contributed by atoms with van der Waals surface area (Å²) in [7, 11) is 0. The van der Waals surface area contributed by atoms with E-state index in [1.54, 1.807) is 18.2 Å². The Morgan fingerprint density at radius 3 is 1.36 bits per heavy atom. The molecule has 2 aromatic heterocycles. The minimum Gasteiger partial charge on any atom is -0.309 e. The Hall–Kier alpha value is -8.35. The molecule has 0 radical (unpaired) electrons. The third kappa shape index (κ3) is 7.30. The predicted octanol–water partition coefficient (Wildman–Crippen LogP) is 17.7. The number of nitrogens with zero attached hydrogens (tertiary/aromatic N) is 3. The number of nitriles is 1. The van der Waals surface area contributed by atoms with E-state index in [1.807, 2.05) is 72.2 Å². The number of aryl methyl sites for hydroxylation is 4. The van der Waals surface area contributed by atoms with Crippen molar-refractivity contribution >= 4 is 43.6 Å². The molecule has 11 aromatic rings. The molecule has 0 saturated heterocycles. The zero-order valence-corrected chi connectivity index (χ0v) is 38.4. The lowest BCUT2D eigenvalue weighted by atomic mass is 9.90. The molecule has 342 valence electrons. The van der Waals surface area contributed by atoms with Gasteiger partial charge in [0, 0.05) is 38.2 Å². The van der Waals surface area contributed by atoms with Crippen LogP contribution in [0.4, 0.5) is 26.3 Å². The molecule has 0 amide bonds. The first kappa shape index (κ1) is 44.2. The largest absolute Gasteiger partial charge is 0.417 e. The number of para-hydroxylation sites is 2. The summed E-state index contributed by atoms with van der Waals surface area (Å²) in [5, 5.41) is 14.1. The zero-order valence-electron chi connectivity index (χ0n) is 38.4. The molecule has 70 heavy (non-hydrogen) atoms. The molecule has 0 spiro atoms. The quantitative estimate of drug-likeness (QED) is 0.153. The standard InChI is InChI=1S/C61H41F6N3/c1-35-16-22-43(37(3)28-35)40-20-26-56-49(31-40)45-10-5-7-14-53(45)69(56)55-25-18-39(34-68)30-48(55)47-24-19-42(59-51(60(62,63)64)12-9-13-52(59)61(65,66)67)33-58(47)70-54-15-8-6-11-46(54)50-32-41(21-27-57(50)70)44-23-17-36(2)29-38(44)4/h5-33H,1-4H3. The molecule has 0 atom stereocenters. The second-order valence-electron chi connectivity index (χ2n) is 18.1. The summed E-state index contributed by atoms with van der Waals surface area (Å²) in [5.41, 5.74) is 9.97. The molecule has 0 bridgehead atoms. The second-order valence-corrected chi connectivity index (χ2v) is 18.1. The number of benzene rings is 9. The van der Waals surface area contributed by atoms with E-state index in [9.17, 15) is 31.6 Å². The van der Waals surface area contributed by atoms with Crippen molar-refractivity contribution in [3.8, 4) is 62.0 Å². The van der Waals surface area contributed by atoms with Crippen LogP contribution in [0.2, 0.25) is 0 Å². The van der Waals surface area contributed by atoms with E-state index < -0.39 is 29.0 Å². The monoisotopic (exact) mass is 929 g/mol. The highest BCUT2D eigenvalue weighted by atomic mass is 19.4. The van der Waals surface area contributed by atoms with E-state index in [0.29, 0.717) is 51.2 Å². The summed E-state index contributed by atoms with van der Waals surface area (Å²) in [4.78, 5) is 0. The maximum Gasteiger partial charge on any atom is 0.417 e. The van der Waals surface area contributed by atoms with Gasteiger partial charge in [-0.15, -0.1) is 0 Å². The van der Waals surface area contributed by atoms with Gasteiger partial charge in [0.25, 0.3) is 0 Å². The van der Waals surface area contributed by atoms with Crippen LogP contribution in [-0.4, -0.2) is 9.13 Å². The molecule has 0 aliphatic carbocycles. The van der Waals surface area contributed by atoms with Gasteiger partial charge in [-0.3, -0.25) is 0 Å². The molecule has 0 unspecified atom stereocenters. The van der Waals surface area contributed by atoms with Gasteiger partial charge in [0.05, 0.1) is 56.2 Å². The van der Waals surface area contributed by atoms with Crippen LogP contribution in [0.3, 0.4) is 0 Å². The normalized spacial score (nSPS) is 12.1. The molecule has 0 saturated carbocycles. The van der Waals surface area contributed by atoms with Crippen molar-refractivity contribution in [2.24, 2.45) is 0 Å². The van der Waals surface area contributed by atoms with Crippen molar-refractivity contribution in [2.75, 3.05) is 0 Å². The topological polar surface area (TPSA) is 33.6 Å². The summed E-state index contributed by atoms with van der Waals surface area (Å²) in [6.07, 6.45) is -10.2. The smallest absolute Gasteiger partial charge is 0.309 e. The number of fused-ring (bicyclic) bond motifs is 6. The highest BCUT2D eigenvalue weighted by Crippen LogP contribution is 2.48. The summed E-state index contributed by atoms with van der Waals surface area (Å²) in [6, 6.07) is 54.8. The van der Waals surface area contributed by atoms with Crippen molar-refractivity contribution in [2.45, 2.75) is 40.0 Å². The van der Waals surface area contributed by atoms with Gasteiger partial charge in [-0.05, 0) is 139 Å². The van der Waals surface area contributed by atoms with Crippen molar-refractivity contribution in [3.05, 3.63) is 215 Å². The van der Waals surface area contributed by atoms with E-state index in [4.69, 9.17) is 0 Å². The Kier molecular flexibility index (Phi) is 10.4. The van der Waals surface area contributed by atoms with Crippen LogP contribution in [0, 0.1) is 39.0 Å². The maximum absolute atomic E-state index is 15.0. The molecule has 2 heterocycles. The van der Waals surface area contributed by atoms with Crippen molar-refractivity contribution in [1.82, 2.24) is 9.13 Å². The molecule has 0 fully saturated rings. The lowest BCUT2D eigenvalue weighted by Gasteiger charge is -2.22. The van der Waals surface area contributed by atoms with Crippen LogP contribution in [0.25, 0.3) is 99.5 Å². The minimum atomic E-state index is -5.12. The molecule has 9 aromatic carbocycles. The van der Waals surface area contributed by atoms with Crippen LogP contribution >= 0.6 is 0 Å². The number of hydrogen-bond acceptors (Lipinski definition) is 1. The number of aromatic nitrogens is 2. The third-order valence-electron chi connectivity index (χ3n) is 13.6. The van der Waals surface area contributed by atoms with Gasteiger partial charge >= 0.3 is 12.4 Å². The van der Waals surface area contributed by atoms with Gasteiger partial charge in [-0.2, -0.15) is 31.6 Å². The second kappa shape index (κ2) is 16.4. The molecular formula is C61H41F6N3. The van der Waals surface area contributed by atoms with Gasteiger partial charge in [0.1, 0.15) is 0 Å². The van der Waals surface area contributed by atoms with E-state index in [-0.39, 0.29) is 5.56 Å². The average Bonchev–Trinajstić information content (AvgIpc) is 3.85. The Morgan fingerprint density at radius 1 is 0.386 bits per heavy atom. The molecular weight excluding hydrogens is 889 g/mol. The molecule has 0 aliphatic rings. The number of rotatable bonds is 6. The maximum atomic E-state index is 15.0. The van der Waals surface area contributed by atoms with E-state index in [1.165, 1.54) is 12.1 Å². The van der Waals surface area contributed by atoms with Gasteiger partial charge in [0.2, 0.25) is 0 Å². The third-order valence-corrected chi connectivity index (χ3v) is 13.6. The van der Waals surface area contributed by atoms with Crippen LogP contribution in [0.5, 0.6) is 0 Å². The Morgan fingerprint density at radius 2 is 0.857 bits per heavy atom. The lowest BCUT2D eigenvalue weighted by molar-refractivity contribution is -0.142. The molecule has 11 rings (SSSR count). The fourth-order valence-electron chi connectivity index (χ4n) is 10.5. The number of halogens is 6. The Balaban J connectivity index is 1.24. The Labute approximate surface area is 399 Å². The fourth-order valence-corrected chi connectivity index (χ4v) is 10.5.